The summed E-state index contributed by atoms with van der Waals surface area (Å²) in [5.74, 6) is 0.355. The molecule has 2 unspecified atom stereocenters. The van der Waals surface area contributed by atoms with E-state index in [-0.39, 0.29) is 29.9 Å². The number of rotatable bonds is 4. The Morgan fingerprint density at radius 2 is 1.71 bits per heavy atom. The fourth-order valence-corrected chi connectivity index (χ4v) is 3.46. The van der Waals surface area contributed by atoms with Crippen molar-refractivity contribution in [3.63, 3.8) is 0 Å². The fourth-order valence-electron chi connectivity index (χ4n) is 3.46. The summed E-state index contributed by atoms with van der Waals surface area (Å²) in [4.78, 5) is 26.4. The number of Topliss-reactive ketones (excluding diaryl/α,β-unsaturated/α-hetero) is 1. The molecule has 0 aromatic heterocycles. The number of piperidine rings is 1. The lowest BCUT2D eigenvalue weighted by molar-refractivity contribution is -0.126. The molecule has 2 rings (SSSR count). The van der Waals surface area contributed by atoms with E-state index < -0.39 is 5.60 Å². The molecule has 0 radical (unpaired) electrons. The SMILES string of the molecule is COCCC(=O)C1CC2CCC(C1)N2C(=O)OC(C)(C)C. The number of carbonyl (C=O) groups is 2. The highest BCUT2D eigenvalue weighted by atomic mass is 16.6. The molecule has 5 heteroatoms. The highest BCUT2D eigenvalue weighted by Crippen LogP contribution is 2.40. The highest BCUT2D eigenvalue weighted by molar-refractivity contribution is 5.82. The smallest absolute Gasteiger partial charge is 0.410 e. The molecule has 5 nitrogen and oxygen atoms in total. The maximum Gasteiger partial charge on any atom is 0.410 e. The number of methoxy groups -OCH3 is 1. The van der Waals surface area contributed by atoms with Gasteiger partial charge in [0.2, 0.25) is 0 Å². The number of ketones is 1. The molecular weight excluding hydrogens is 270 g/mol. The monoisotopic (exact) mass is 297 g/mol. The summed E-state index contributed by atoms with van der Waals surface area (Å²) in [5, 5.41) is 0. The van der Waals surface area contributed by atoms with Crippen LogP contribution >= 0.6 is 0 Å². The lowest BCUT2D eigenvalue weighted by Crippen LogP contribution is -2.49. The van der Waals surface area contributed by atoms with Gasteiger partial charge in [-0.2, -0.15) is 0 Å². The van der Waals surface area contributed by atoms with Crippen LogP contribution in [0, 0.1) is 5.92 Å². The predicted molar refractivity (Wildman–Crippen MR) is 79.1 cm³/mol. The first-order valence-electron chi connectivity index (χ1n) is 7.85. The minimum atomic E-state index is -0.471. The molecule has 1 amide bonds. The van der Waals surface area contributed by atoms with Gasteiger partial charge in [-0.15, -0.1) is 0 Å². The molecule has 0 spiro atoms. The van der Waals surface area contributed by atoms with E-state index >= 15 is 0 Å². The maximum atomic E-state index is 12.3. The topological polar surface area (TPSA) is 55.8 Å². The van der Waals surface area contributed by atoms with Crippen molar-refractivity contribution in [1.82, 2.24) is 4.90 Å². The summed E-state index contributed by atoms with van der Waals surface area (Å²) in [6.45, 7) is 6.13. The Morgan fingerprint density at radius 3 is 2.19 bits per heavy atom. The minimum absolute atomic E-state index is 0.0799. The van der Waals surface area contributed by atoms with Crippen LogP contribution in [-0.2, 0) is 14.3 Å². The summed E-state index contributed by atoms with van der Waals surface area (Å²) < 4.78 is 10.5. The second kappa shape index (κ2) is 6.34. The van der Waals surface area contributed by atoms with Crippen molar-refractivity contribution >= 4 is 11.9 Å². The first kappa shape index (κ1) is 16.3. The molecular formula is C16H27NO4. The number of fused-ring (bicyclic) bond motifs is 2. The van der Waals surface area contributed by atoms with Gasteiger partial charge in [-0.3, -0.25) is 4.79 Å². The zero-order chi connectivity index (χ0) is 15.6. The van der Waals surface area contributed by atoms with Crippen molar-refractivity contribution in [2.75, 3.05) is 13.7 Å². The first-order chi connectivity index (χ1) is 9.81. The third kappa shape index (κ3) is 3.96. The van der Waals surface area contributed by atoms with Crippen molar-refractivity contribution in [2.45, 2.75) is 70.6 Å². The van der Waals surface area contributed by atoms with Crippen molar-refractivity contribution in [3.05, 3.63) is 0 Å². The molecule has 2 aliphatic heterocycles. The average molecular weight is 297 g/mol. The van der Waals surface area contributed by atoms with Crippen LogP contribution in [0.5, 0.6) is 0 Å². The van der Waals surface area contributed by atoms with Crippen LogP contribution in [-0.4, -0.2) is 48.2 Å². The molecule has 2 bridgehead atoms. The quantitative estimate of drug-likeness (QED) is 0.800. The van der Waals surface area contributed by atoms with E-state index in [2.05, 4.69) is 0 Å². The summed E-state index contributed by atoms with van der Waals surface area (Å²) in [6.07, 6.45) is 3.78. The van der Waals surface area contributed by atoms with Gasteiger partial charge in [0.25, 0.3) is 0 Å². The summed E-state index contributed by atoms with van der Waals surface area (Å²) >= 11 is 0. The molecule has 0 saturated carbocycles. The molecule has 2 fully saturated rings. The van der Waals surface area contributed by atoms with Crippen LogP contribution in [0.4, 0.5) is 4.79 Å². The third-order valence-corrected chi connectivity index (χ3v) is 4.35. The van der Waals surface area contributed by atoms with Crippen LogP contribution in [0.3, 0.4) is 0 Å². The van der Waals surface area contributed by atoms with Gasteiger partial charge in [-0.25, -0.2) is 4.79 Å². The van der Waals surface area contributed by atoms with Crippen LogP contribution in [0.2, 0.25) is 0 Å². The lowest BCUT2D eigenvalue weighted by Gasteiger charge is -2.39. The molecule has 2 heterocycles. The van der Waals surface area contributed by atoms with E-state index in [9.17, 15) is 9.59 Å². The Balaban J connectivity index is 1.96. The number of ether oxygens (including phenoxy) is 2. The second-order valence-corrected chi connectivity index (χ2v) is 7.15. The van der Waals surface area contributed by atoms with E-state index in [0.29, 0.717) is 13.0 Å². The number of amides is 1. The largest absolute Gasteiger partial charge is 0.444 e. The molecule has 0 aromatic rings. The Morgan fingerprint density at radius 1 is 1.14 bits per heavy atom. The van der Waals surface area contributed by atoms with Gasteiger partial charge in [-0.1, -0.05) is 0 Å². The molecule has 0 aromatic carbocycles. The van der Waals surface area contributed by atoms with Crippen LogP contribution in [0.15, 0.2) is 0 Å². The zero-order valence-electron chi connectivity index (χ0n) is 13.6. The van der Waals surface area contributed by atoms with Gasteiger partial charge >= 0.3 is 6.09 Å². The third-order valence-electron chi connectivity index (χ3n) is 4.35. The summed E-state index contributed by atoms with van der Waals surface area (Å²) in [6, 6.07) is 0.324. The van der Waals surface area contributed by atoms with Gasteiger partial charge in [0.15, 0.2) is 0 Å². The Labute approximate surface area is 127 Å². The van der Waals surface area contributed by atoms with Crippen molar-refractivity contribution in [3.8, 4) is 0 Å². The second-order valence-electron chi connectivity index (χ2n) is 7.15. The first-order valence-corrected chi connectivity index (χ1v) is 7.85. The maximum absolute atomic E-state index is 12.3. The predicted octanol–water partition coefficient (Wildman–Crippen LogP) is 2.77. The number of nitrogens with zero attached hydrogens (tertiary/aromatic N) is 1. The van der Waals surface area contributed by atoms with Gasteiger partial charge in [0, 0.05) is 31.5 Å². The van der Waals surface area contributed by atoms with Crippen molar-refractivity contribution < 1.29 is 19.1 Å². The van der Waals surface area contributed by atoms with Crippen LogP contribution in [0.25, 0.3) is 0 Å². The van der Waals surface area contributed by atoms with E-state index in [1.807, 2.05) is 25.7 Å². The Bertz CT molecular complexity index is 388. The van der Waals surface area contributed by atoms with E-state index in [4.69, 9.17) is 9.47 Å². The number of hydrogen-bond donors (Lipinski definition) is 0. The normalized spacial score (nSPS) is 28.6. The number of hydrogen-bond acceptors (Lipinski definition) is 4. The zero-order valence-corrected chi connectivity index (χ0v) is 13.6. The lowest BCUT2D eigenvalue weighted by atomic mass is 9.86. The van der Waals surface area contributed by atoms with Crippen molar-refractivity contribution in [1.29, 1.82) is 0 Å². The molecule has 2 aliphatic rings. The molecule has 21 heavy (non-hydrogen) atoms. The van der Waals surface area contributed by atoms with Gasteiger partial charge in [0.1, 0.15) is 11.4 Å². The van der Waals surface area contributed by atoms with Gasteiger partial charge in [0.05, 0.1) is 6.61 Å². The molecule has 2 saturated heterocycles. The summed E-state index contributed by atoms with van der Waals surface area (Å²) in [7, 11) is 1.61. The number of carbonyl (C=O) groups excluding carboxylic acids is 2. The Kier molecular flexibility index (Phi) is 4.91. The van der Waals surface area contributed by atoms with E-state index in [0.717, 1.165) is 25.7 Å². The van der Waals surface area contributed by atoms with Gasteiger partial charge in [-0.05, 0) is 46.5 Å². The fraction of sp³-hybridized carbons (Fsp3) is 0.875. The van der Waals surface area contributed by atoms with Crippen molar-refractivity contribution in [2.24, 2.45) is 5.92 Å². The minimum Gasteiger partial charge on any atom is -0.444 e. The van der Waals surface area contributed by atoms with Crippen LogP contribution in [0.1, 0.15) is 52.9 Å². The molecule has 120 valence electrons. The molecule has 0 N–H and O–H groups in total. The summed E-state index contributed by atoms with van der Waals surface area (Å²) in [5.41, 5.74) is -0.471. The Hall–Kier alpha value is -1.10. The molecule has 0 aliphatic carbocycles. The van der Waals surface area contributed by atoms with E-state index in [1.165, 1.54) is 0 Å². The van der Waals surface area contributed by atoms with Gasteiger partial charge < -0.3 is 14.4 Å². The highest BCUT2D eigenvalue weighted by Gasteiger charge is 2.46. The standard InChI is InChI=1S/C16H27NO4/c1-16(2,3)21-15(19)17-12-5-6-13(17)10-11(9-12)14(18)7-8-20-4/h11-13H,5-10H2,1-4H3. The molecule has 2 atom stereocenters. The van der Waals surface area contributed by atoms with E-state index in [1.54, 1.807) is 7.11 Å². The average Bonchev–Trinajstić information content (AvgIpc) is 2.65. The van der Waals surface area contributed by atoms with Crippen LogP contribution < -0.4 is 0 Å².